The average molecular weight is 505 g/mol. The van der Waals surface area contributed by atoms with Gasteiger partial charge in [-0.1, -0.05) is 34.1 Å². The van der Waals surface area contributed by atoms with Crippen molar-refractivity contribution in [3.8, 4) is 0 Å². The summed E-state index contributed by atoms with van der Waals surface area (Å²) in [6.45, 7) is -0.585. The summed E-state index contributed by atoms with van der Waals surface area (Å²) < 4.78 is 5.59. The number of benzene rings is 2. The van der Waals surface area contributed by atoms with Gasteiger partial charge in [0, 0.05) is 28.4 Å². The Morgan fingerprint density at radius 1 is 0.688 bits per heavy atom. The van der Waals surface area contributed by atoms with Crippen molar-refractivity contribution in [2.45, 2.75) is 19.3 Å². The lowest BCUT2D eigenvalue weighted by Crippen LogP contribution is -2.43. The fraction of sp³-hybridized carbons (Fsp3) is 0.190. The molecule has 0 fully saturated rings. The quantitative estimate of drug-likeness (QED) is 0.316. The number of hydrogen-bond acceptors (Lipinski definition) is 6. The van der Waals surface area contributed by atoms with Gasteiger partial charge in [0.1, 0.15) is 0 Å². The molecule has 0 aliphatic heterocycles. The van der Waals surface area contributed by atoms with E-state index in [1.165, 1.54) is 0 Å². The van der Waals surface area contributed by atoms with Crippen LogP contribution in [0, 0.1) is 0 Å². The average Bonchev–Trinajstić information content (AvgIpc) is 2.80. The second kappa shape index (κ2) is 12.8. The molecule has 0 spiro atoms. The normalized spacial score (nSPS) is 9.91. The van der Waals surface area contributed by atoms with Crippen LogP contribution in [0.25, 0.3) is 0 Å². The second-order valence-electron chi connectivity index (χ2n) is 6.39. The van der Waals surface area contributed by atoms with Crippen LogP contribution in [0.2, 0.25) is 0 Å². The Hall–Kier alpha value is -3.73. The lowest BCUT2D eigenvalue weighted by molar-refractivity contribution is -0.148. The van der Waals surface area contributed by atoms with Crippen molar-refractivity contribution in [1.82, 2.24) is 21.7 Å². The minimum atomic E-state index is -0.717. The molecule has 0 saturated heterocycles. The molecule has 0 heterocycles. The zero-order chi connectivity index (χ0) is 23.3. The molecule has 10 nitrogen and oxygen atoms in total. The van der Waals surface area contributed by atoms with E-state index in [1.807, 2.05) is 0 Å². The summed E-state index contributed by atoms with van der Waals surface area (Å²) in [5.41, 5.74) is 9.59. The van der Waals surface area contributed by atoms with E-state index < -0.39 is 36.2 Å². The Kier molecular flexibility index (Phi) is 9.85. The van der Waals surface area contributed by atoms with Crippen molar-refractivity contribution in [1.29, 1.82) is 0 Å². The van der Waals surface area contributed by atoms with Gasteiger partial charge in [0.2, 0.25) is 5.91 Å². The van der Waals surface area contributed by atoms with E-state index in [-0.39, 0.29) is 19.3 Å². The van der Waals surface area contributed by atoms with Crippen LogP contribution in [0.15, 0.2) is 59.1 Å². The van der Waals surface area contributed by atoms with Crippen LogP contribution in [0.3, 0.4) is 0 Å². The molecule has 32 heavy (non-hydrogen) atoms. The topological polar surface area (TPSA) is 143 Å². The Morgan fingerprint density at radius 3 is 1.88 bits per heavy atom. The van der Waals surface area contributed by atoms with E-state index in [1.54, 1.807) is 54.6 Å². The van der Waals surface area contributed by atoms with E-state index in [0.29, 0.717) is 11.1 Å². The molecule has 2 aromatic rings. The van der Waals surface area contributed by atoms with Crippen LogP contribution in [0.1, 0.15) is 40.0 Å². The SMILES string of the molecule is O=C(CCCC(=O)OCC(=O)NNC(=O)c1ccc(Br)cc1)NNC(=O)c1ccccc1. The van der Waals surface area contributed by atoms with E-state index in [0.717, 1.165) is 4.47 Å². The first kappa shape index (κ1) is 24.5. The molecule has 0 atom stereocenters. The molecule has 4 amide bonds. The highest BCUT2D eigenvalue weighted by atomic mass is 79.9. The van der Waals surface area contributed by atoms with Crippen LogP contribution < -0.4 is 21.7 Å². The van der Waals surface area contributed by atoms with Crippen molar-refractivity contribution in [3.63, 3.8) is 0 Å². The fourth-order valence-corrected chi connectivity index (χ4v) is 2.56. The van der Waals surface area contributed by atoms with Crippen LogP contribution in [-0.2, 0) is 19.1 Å². The van der Waals surface area contributed by atoms with Crippen molar-refractivity contribution in [2.24, 2.45) is 0 Å². The predicted molar refractivity (Wildman–Crippen MR) is 117 cm³/mol. The maximum atomic E-state index is 11.9. The summed E-state index contributed by atoms with van der Waals surface area (Å²) >= 11 is 3.25. The molecule has 0 aliphatic rings. The highest BCUT2D eigenvalue weighted by molar-refractivity contribution is 9.10. The van der Waals surface area contributed by atoms with Crippen LogP contribution in [0.4, 0.5) is 0 Å². The number of hydrazine groups is 2. The van der Waals surface area contributed by atoms with Gasteiger partial charge in [-0.25, -0.2) is 0 Å². The third kappa shape index (κ3) is 8.96. The van der Waals surface area contributed by atoms with Crippen LogP contribution >= 0.6 is 15.9 Å². The number of hydrogen-bond donors (Lipinski definition) is 4. The summed E-state index contributed by atoms with van der Waals surface area (Å²) in [5, 5.41) is 0. The Morgan fingerprint density at radius 2 is 1.25 bits per heavy atom. The smallest absolute Gasteiger partial charge is 0.306 e. The predicted octanol–water partition coefficient (Wildman–Crippen LogP) is 1.38. The first-order valence-corrected chi connectivity index (χ1v) is 10.3. The number of rotatable bonds is 8. The number of halogens is 1. The second-order valence-corrected chi connectivity index (χ2v) is 7.31. The van der Waals surface area contributed by atoms with Crippen molar-refractivity contribution < 1.29 is 28.7 Å². The van der Waals surface area contributed by atoms with Gasteiger partial charge in [-0.2, -0.15) is 0 Å². The third-order valence-corrected chi connectivity index (χ3v) is 4.45. The van der Waals surface area contributed by atoms with Gasteiger partial charge in [0.15, 0.2) is 6.61 Å². The molecular formula is C21H21BrN4O6. The lowest BCUT2D eigenvalue weighted by atomic mass is 10.2. The number of amides is 4. The van der Waals surface area contributed by atoms with Gasteiger partial charge in [-0.05, 0) is 42.8 Å². The molecule has 2 aromatic carbocycles. The van der Waals surface area contributed by atoms with E-state index in [9.17, 15) is 24.0 Å². The summed E-state index contributed by atoms with van der Waals surface area (Å²) in [7, 11) is 0. The molecule has 0 aromatic heterocycles. The molecule has 0 bridgehead atoms. The van der Waals surface area contributed by atoms with Crippen LogP contribution in [0.5, 0.6) is 0 Å². The Balaban J connectivity index is 1.56. The number of ether oxygens (including phenoxy) is 1. The molecule has 0 unspecified atom stereocenters. The third-order valence-electron chi connectivity index (χ3n) is 3.92. The monoisotopic (exact) mass is 504 g/mol. The molecule has 0 aliphatic carbocycles. The lowest BCUT2D eigenvalue weighted by Gasteiger charge is -2.09. The highest BCUT2D eigenvalue weighted by Crippen LogP contribution is 2.10. The molecule has 11 heteroatoms. The summed E-state index contributed by atoms with van der Waals surface area (Å²) in [4.78, 5) is 58.7. The summed E-state index contributed by atoms with van der Waals surface area (Å²) in [6.07, 6.45) is 0.0337. The molecule has 168 valence electrons. The van der Waals surface area contributed by atoms with Gasteiger partial charge >= 0.3 is 5.97 Å². The first-order chi connectivity index (χ1) is 15.3. The Bertz CT molecular complexity index is 966. The standard InChI is InChI=1S/C21H21BrN4O6/c22-16-11-9-15(10-12-16)21(31)26-24-18(28)13-32-19(29)8-4-7-17(27)23-25-20(30)14-5-2-1-3-6-14/h1-3,5-6,9-12H,4,7-8,13H2,(H,23,27)(H,24,28)(H,25,30)(H,26,31). The van der Waals surface area contributed by atoms with Gasteiger partial charge in [-0.3, -0.25) is 45.7 Å². The van der Waals surface area contributed by atoms with E-state index >= 15 is 0 Å². The molecule has 0 saturated carbocycles. The highest BCUT2D eigenvalue weighted by Gasteiger charge is 2.11. The number of carbonyl (C=O) groups excluding carboxylic acids is 5. The molecular weight excluding hydrogens is 484 g/mol. The van der Waals surface area contributed by atoms with E-state index in [2.05, 4.69) is 37.6 Å². The molecule has 4 N–H and O–H groups in total. The zero-order valence-corrected chi connectivity index (χ0v) is 18.4. The number of esters is 1. The van der Waals surface area contributed by atoms with Gasteiger partial charge in [0.25, 0.3) is 17.7 Å². The van der Waals surface area contributed by atoms with Gasteiger partial charge in [0.05, 0.1) is 0 Å². The summed E-state index contributed by atoms with van der Waals surface area (Å²) in [6, 6.07) is 14.8. The van der Waals surface area contributed by atoms with Crippen molar-refractivity contribution >= 4 is 45.5 Å². The molecule has 0 radical (unpaired) electrons. The zero-order valence-electron chi connectivity index (χ0n) is 16.9. The maximum absolute atomic E-state index is 11.9. The molecule has 2 rings (SSSR count). The first-order valence-electron chi connectivity index (χ1n) is 9.50. The van der Waals surface area contributed by atoms with Crippen molar-refractivity contribution in [3.05, 3.63) is 70.2 Å². The minimum absolute atomic E-state index is 0.0282. The fourth-order valence-electron chi connectivity index (χ4n) is 2.30. The minimum Gasteiger partial charge on any atom is -0.455 e. The number of nitrogens with one attached hydrogen (secondary N) is 4. The Labute approximate surface area is 192 Å². The van der Waals surface area contributed by atoms with Gasteiger partial charge < -0.3 is 4.74 Å². The maximum Gasteiger partial charge on any atom is 0.306 e. The summed E-state index contributed by atoms with van der Waals surface area (Å²) in [5.74, 6) is -2.86. The number of carbonyl (C=O) groups is 5. The van der Waals surface area contributed by atoms with Crippen LogP contribution in [-0.4, -0.2) is 36.2 Å². The van der Waals surface area contributed by atoms with Gasteiger partial charge in [-0.15, -0.1) is 0 Å². The van der Waals surface area contributed by atoms with E-state index in [4.69, 9.17) is 4.74 Å². The van der Waals surface area contributed by atoms with Crippen molar-refractivity contribution in [2.75, 3.05) is 6.61 Å². The largest absolute Gasteiger partial charge is 0.455 e.